The number of imidazole rings is 1. The Balaban J connectivity index is 1.50. The Kier molecular flexibility index (Phi) is 8.89. The van der Waals surface area contributed by atoms with Gasteiger partial charge in [0.1, 0.15) is 5.82 Å². The highest BCUT2D eigenvalue weighted by atomic mass is 15.1. The number of aromatic nitrogens is 2. The van der Waals surface area contributed by atoms with Crippen LogP contribution in [0.15, 0.2) is 128 Å². The fourth-order valence-corrected chi connectivity index (χ4v) is 7.88. The molecule has 7 rings (SSSR count). The van der Waals surface area contributed by atoms with Crippen LogP contribution in [0.4, 0.5) is 0 Å². The summed E-state index contributed by atoms with van der Waals surface area (Å²) in [5.41, 5.74) is 21.1. The van der Waals surface area contributed by atoms with E-state index in [-0.39, 0.29) is 0 Å². The molecule has 0 N–H and O–H groups in total. The Morgan fingerprint density at radius 1 is 0.500 bits per heavy atom. The molecule has 0 aliphatic carbocycles. The lowest BCUT2D eigenvalue weighted by Gasteiger charge is -2.24. The summed E-state index contributed by atoms with van der Waals surface area (Å²) in [4.78, 5) is 5.22. The lowest BCUT2D eigenvalue weighted by molar-refractivity contribution is 0.846. The first-order valence-electron chi connectivity index (χ1n) is 17.8. The van der Waals surface area contributed by atoms with Crippen LogP contribution in [0, 0.1) is 41.5 Å². The largest absolute Gasteiger partial charge is 0.292 e. The average Bonchev–Trinajstić information content (AvgIpc) is 3.55. The fourth-order valence-electron chi connectivity index (χ4n) is 7.88. The van der Waals surface area contributed by atoms with Crippen molar-refractivity contribution in [2.75, 3.05) is 0 Å². The van der Waals surface area contributed by atoms with Crippen LogP contribution >= 0.6 is 0 Å². The first-order chi connectivity index (χ1) is 24.1. The molecule has 0 fully saturated rings. The highest BCUT2D eigenvalue weighted by Gasteiger charge is 2.23. The van der Waals surface area contributed by atoms with Crippen LogP contribution in [0.25, 0.3) is 61.7 Å². The van der Waals surface area contributed by atoms with E-state index < -0.39 is 0 Å². The van der Waals surface area contributed by atoms with Crippen LogP contribution < -0.4 is 0 Å². The van der Waals surface area contributed by atoms with Gasteiger partial charge < -0.3 is 0 Å². The normalized spacial score (nSPS) is 11.4. The molecule has 2 heteroatoms. The molecule has 248 valence electrons. The fraction of sp³-hybridized carbons (Fsp3) is 0.188. The van der Waals surface area contributed by atoms with E-state index in [1.165, 1.54) is 83.6 Å². The SMILES string of the molecule is Cc1ccc(C)c(-c2cnc(-c3cccc(-c4c(C)c(-c5ccccc5)c(C)c(-c5ccccc5)c4C)c3)n2-c2ccc(C)cc2C(C)C)c1. The summed E-state index contributed by atoms with van der Waals surface area (Å²) < 4.78 is 2.40. The van der Waals surface area contributed by atoms with Crippen molar-refractivity contribution in [3.63, 3.8) is 0 Å². The monoisotopic (exact) mass is 650 g/mol. The summed E-state index contributed by atoms with van der Waals surface area (Å²) in [6.45, 7) is 18.0. The van der Waals surface area contributed by atoms with Crippen molar-refractivity contribution in [2.45, 2.75) is 61.3 Å². The van der Waals surface area contributed by atoms with Gasteiger partial charge in [0.25, 0.3) is 0 Å². The molecule has 0 aliphatic rings. The van der Waals surface area contributed by atoms with Crippen LogP contribution in [-0.2, 0) is 0 Å². The number of aryl methyl sites for hydroxylation is 3. The molecule has 0 aliphatic heterocycles. The van der Waals surface area contributed by atoms with E-state index in [1.54, 1.807) is 0 Å². The third-order valence-corrected chi connectivity index (χ3v) is 10.3. The minimum Gasteiger partial charge on any atom is -0.292 e. The van der Waals surface area contributed by atoms with Gasteiger partial charge in [-0.1, -0.05) is 128 Å². The summed E-state index contributed by atoms with van der Waals surface area (Å²) in [5.74, 6) is 1.30. The van der Waals surface area contributed by atoms with Gasteiger partial charge in [0.05, 0.1) is 17.6 Å². The zero-order valence-corrected chi connectivity index (χ0v) is 30.6. The zero-order valence-electron chi connectivity index (χ0n) is 30.6. The lowest BCUT2D eigenvalue weighted by Crippen LogP contribution is -2.06. The van der Waals surface area contributed by atoms with Crippen LogP contribution in [0.3, 0.4) is 0 Å². The molecule has 0 saturated carbocycles. The van der Waals surface area contributed by atoms with Gasteiger partial charge in [-0.25, -0.2) is 4.98 Å². The Bertz CT molecular complexity index is 2270. The molecule has 7 aromatic rings. The molecule has 1 aromatic heterocycles. The van der Waals surface area contributed by atoms with Gasteiger partial charge in [0.2, 0.25) is 0 Å². The smallest absolute Gasteiger partial charge is 0.145 e. The van der Waals surface area contributed by atoms with Gasteiger partial charge in [0, 0.05) is 11.1 Å². The molecule has 6 aromatic carbocycles. The van der Waals surface area contributed by atoms with Crippen LogP contribution in [0.5, 0.6) is 0 Å². The summed E-state index contributed by atoms with van der Waals surface area (Å²) >= 11 is 0. The van der Waals surface area contributed by atoms with Crippen molar-refractivity contribution in [1.29, 1.82) is 0 Å². The number of rotatable bonds is 7. The quantitative estimate of drug-likeness (QED) is 0.168. The Morgan fingerprint density at radius 3 is 1.62 bits per heavy atom. The van der Waals surface area contributed by atoms with Crippen molar-refractivity contribution in [3.8, 4) is 61.7 Å². The molecule has 0 saturated heterocycles. The van der Waals surface area contributed by atoms with Crippen molar-refractivity contribution in [2.24, 2.45) is 0 Å². The maximum Gasteiger partial charge on any atom is 0.145 e. The first-order valence-corrected chi connectivity index (χ1v) is 17.8. The molecule has 2 nitrogen and oxygen atoms in total. The van der Waals surface area contributed by atoms with E-state index in [1.807, 2.05) is 0 Å². The Labute approximate surface area is 298 Å². The van der Waals surface area contributed by atoms with Crippen molar-refractivity contribution < 1.29 is 0 Å². The van der Waals surface area contributed by atoms with Crippen molar-refractivity contribution in [1.82, 2.24) is 9.55 Å². The standard InChI is InChI=1S/C48H46N2/c1-30(2)41-26-32(4)23-25-43(41)50-44(42-27-31(3)22-24-33(42)5)29-49-48(50)40-21-15-20-39(28-40)47-35(7)45(37-16-11-9-12-17-37)34(6)46(36(47)8)38-18-13-10-14-19-38/h9-30H,1-8H3. The predicted molar refractivity (Wildman–Crippen MR) is 213 cm³/mol. The molecule has 0 unspecified atom stereocenters. The minimum atomic E-state index is 0.351. The predicted octanol–water partition coefficient (Wildman–Crippen LogP) is 13.2. The van der Waals surface area contributed by atoms with Crippen molar-refractivity contribution >= 4 is 0 Å². The summed E-state index contributed by atoms with van der Waals surface area (Å²) in [6.07, 6.45) is 2.07. The maximum absolute atomic E-state index is 5.22. The number of hydrogen-bond acceptors (Lipinski definition) is 1. The maximum atomic E-state index is 5.22. The molecular weight excluding hydrogens is 605 g/mol. The second-order valence-electron chi connectivity index (χ2n) is 14.2. The van der Waals surface area contributed by atoms with E-state index in [9.17, 15) is 0 Å². The second-order valence-corrected chi connectivity index (χ2v) is 14.2. The van der Waals surface area contributed by atoms with Crippen LogP contribution in [0.1, 0.15) is 58.7 Å². The second kappa shape index (κ2) is 13.4. The van der Waals surface area contributed by atoms with Gasteiger partial charge >= 0.3 is 0 Å². The average molecular weight is 651 g/mol. The molecule has 0 bridgehead atoms. The molecule has 0 radical (unpaired) electrons. The summed E-state index contributed by atoms with van der Waals surface area (Å²) in [6, 6.07) is 44.3. The van der Waals surface area contributed by atoms with Crippen LogP contribution in [0.2, 0.25) is 0 Å². The van der Waals surface area contributed by atoms with Gasteiger partial charge in [-0.15, -0.1) is 0 Å². The zero-order chi connectivity index (χ0) is 35.1. The molecule has 0 atom stereocenters. The highest BCUT2D eigenvalue weighted by Crippen LogP contribution is 2.45. The summed E-state index contributed by atoms with van der Waals surface area (Å²) in [5, 5.41) is 0. The first kappa shape index (κ1) is 33.0. The molecule has 0 spiro atoms. The third-order valence-electron chi connectivity index (χ3n) is 10.3. The lowest BCUT2D eigenvalue weighted by atomic mass is 9.80. The highest BCUT2D eigenvalue weighted by molar-refractivity contribution is 5.92. The van der Waals surface area contributed by atoms with E-state index in [2.05, 4.69) is 187 Å². The molecular formula is C48H46N2. The summed E-state index contributed by atoms with van der Waals surface area (Å²) in [7, 11) is 0. The van der Waals surface area contributed by atoms with Gasteiger partial charge in [0.15, 0.2) is 0 Å². The van der Waals surface area contributed by atoms with Crippen molar-refractivity contribution in [3.05, 3.63) is 166 Å². The Hall–Kier alpha value is -5.47. The third kappa shape index (κ3) is 5.90. The van der Waals surface area contributed by atoms with Gasteiger partial charge in [-0.2, -0.15) is 0 Å². The van der Waals surface area contributed by atoms with E-state index in [0.717, 1.165) is 17.1 Å². The van der Waals surface area contributed by atoms with Crippen LogP contribution in [-0.4, -0.2) is 9.55 Å². The molecule has 1 heterocycles. The topological polar surface area (TPSA) is 17.8 Å². The number of benzene rings is 6. The molecule has 0 amide bonds. The Morgan fingerprint density at radius 2 is 1.02 bits per heavy atom. The van der Waals surface area contributed by atoms with E-state index in [0.29, 0.717) is 5.92 Å². The number of hydrogen-bond donors (Lipinski definition) is 0. The molecule has 50 heavy (non-hydrogen) atoms. The van der Waals surface area contributed by atoms with Gasteiger partial charge in [-0.3, -0.25) is 4.57 Å². The minimum absolute atomic E-state index is 0.351. The number of nitrogens with zero attached hydrogens (tertiary/aromatic N) is 2. The van der Waals surface area contributed by atoms with Gasteiger partial charge in [-0.05, 0) is 127 Å². The van der Waals surface area contributed by atoms with E-state index >= 15 is 0 Å². The van der Waals surface area contributed by atoms with E-state index in [4.69, 9.17) is 4.98 Å².